The van der Waals surface area contributed by atoms with Gasteiger partial charge < -0.3 is 14.7 Å². The Bertz CT molecular complexity index is 1080. The van der Waals surface area contributed by atoms with Gasteiger partial charge in [-0.2, -0.15) is 4.02 Å². The number of amidine groups is 1. The zero-order valence-corrected chi connectivity index (χ0v) is 24.6. The Hall–Kier alpha value is -2.34. The molecule has 2 atom stereocenters. The number of carbonyl (C=O) groups is 1. The summed E-state index contributed by atoms with van der Waals surface area (Å²) in [5, 5.41) is 11.1. The van der Waals surface area contributed by atoms with E-state index in [-0.39, 0.29) is 34.8 Å². The Morgan fingerprint density at radius 1 is 1.08 bits per heavy atom. The van der Waals surface area contributed by atoms with Crippen LogP contribution in [0.4, 0.5) is 0 Å². The molecule has 5 nitrogen and oxygen atoms in total. The highest BCUT2D eigenvalue weighted by molar-refractivity contribution is 9.08. The first-order valence-electron chi connectivity index (χ1n) is 12.8. The van der Waals surface area contributed by atoms with Crippen molar-refractivity contribution in [3.63, 3.8) is 0 Å². The first-order chi connectivity index (χ1) is 16.8. The molecule has 196 valence electrons. The van der Waals surface area contributed by atoms with Gasteiger partial charge in [-0.15, -0.1) is 0 Å². The average molecular weight is 558 g/mol. The fraction of sp³-hybridized carbons (Fsp3) is 0.533. The van der Waals surface area contributed by atoms with E-state index in [9.17, 15) is 9.90 Å². The summed E-state index contributed by atoms with van der Waals surface area (Å²) in [5.41, 5.74) is 2.83. The number of nitrogens with zero attached hydrogens (tertiary/aromatic N) is 2. The van der Waals surface area contributed by atoms with Crippen molar-refractivity contribution in [1.29, 1.82) is 0 Å². The maximum Gasteiger partial charge on any atom is 0.182 e. The van der Waals surface area contributed by atoms with E-state index in [0.717, 1.165) is 42.1 Å². The van der Waals surface area contributed by atoms with E-state index < -0.39 is 0 Å². The Labute approximate surface area is 225 Å². The molecule has 0 bridgehead atoms. The summed E-state index contributed by atoms with van der Waals surface area (Å²) in [4.78, 5) is 15.8. The van der Waals surface area contributed by atoms with Crippen LogP contribution in [0, 0.1) is 5.92 Å². The first kappa shape index (κ1) is 28.2. The second-order valence-electron chi connectivity index (χ2n) is 12.0. The predicted octanol–water partition coefficient (Wildman–Crippen LogP) is 7.40. The number of hydrogen-bond donors (Lipinski definition) is 1. The number of halogens is 1. The Morgan fingerprint density at radius 3 is 2.08 bits per heavy atom. The lowest BCUT2D eigenvalue weighted by molar-refractivity contribution is 0.0963. The first-order valence-corrected chi connectivity index (χ1v) is 13.5. The van der Waals surface area contributed by atoms with Gasteiger partial charge in [-0.25, -0.2) is 0 Å². The number of phenols is 1. The van der Waals surface area contributed by atoms with Gasteiger partial charge in [0, 0.05) is 29.2 Å². The van der Waals surface area contributed by atoms with E-state index in [1.807, 2.05) is 24.3 Å². The molecule has 0 radical (unpaired) electrons. The normalized spacial score (nSPS) is 19.7. The van der Waals surface area contributed by atoms with Crippen LogP contribution >= 0.6 is 16.1 Å². The van der Waals surface area contributed by atoms with Crippen molar-refractivity contribution in [1.82, 2.24) is 4.90 Å². The standard InChI is InChI=1S/C30H41BrN2O3/c1-9-10-20-17-33(28(32-31)26(20)19-11-13-22(36-8)14-12-19)18-25(34)21-15-23(29(2,3)4)27(35)24(16-21)30(5,6)7/h11-16,20,26,35H,9-10,17-18H2,1-8H3/b32-28-/t20-,26+/m0/s1. The molecule has 3 rings (SSSR count). The molecule has 1 fully saturated rings. The van der Waals surface area contributed by atoms with Gasteiger partial charge in [0.05, 0.1) is 29.8 Å². The lowest BCUT2D eigenvalue weighted by Gasteiger charge is -2.28. The molecule has 2 aromatic rings. The van der Waals surface area contributed by atoms with Crippen molar-refractivity contribution in [2.45, 2.75) is 78.1 Å². The zero-order valence-electron chi connectivity index (χ0n) is 23.0. The summed E-state index contributed by atoms with van der Waals surface area (Å²) >= 11 is 3.37. The summed E-state index contributed by atoms with van der Waals surface area (Å²) in [6.07, 6.45) is 2.12. The van der Waals surface area contributed by atoms with Gasteiger partial charge in [0.25, 0.3) is 0 Å². The molecule has 0 unspecified atom stereocenters. The molecule has 6 heteroatoms. The number of aromatic hydroxyl groups is 1. The van der Waals surface area contributed by atoms with Crippen LogP contribution in [0.1, 0.15) is 94.3 Å². The molecular formula is C30H41BrN2O3. The van der Waals surface area contributed by atoms with Crippen LogP contribution < -0.4 is 4.74 Å². The third kappa shape index (κ3) is 5.96. The largest absolute Gasteiger partial charge is 0.507 e. The molecule has 0 aromatic heterocycles. The van der Waals surface area contributed by atoms with Crippen LogP contribution in [-0.4, -0.2) is 41.8 Å². The summed E-state index contributed by atoms with van der Waals surface area (Å²) in [6.45, 7) is 15.6. The van der Waals surface area contributed by atoms with Crippen LogP contribution in [0.2, 0.25) is 0 Å². The quantitative estimate of drug-likeness (QED) is 0.361. The van der Waals surface area contributed by atoms with Crippen molar-refractivity contribution in [3.8, 4) is 11.5 Å². The van der Waals surface area contributed by atoms with Crippen LogP contribution in [0.5, 0.6) is 11.5 Å². The highest BCUT2D eigenvalue weighted by Crippen LogP contribution is 2.41. The van der Waals surface area contributed by atoms with Gasteiger partial charge >= 0.3 is 0 Å². The van der Waals surface area contributed by atoms with Gasteiger partial charge in [-0.05, 0) is 53.0 Å². The molecule has 0 spiro atoms. The average Bonchev–Trinajstić information content (AvgIpc) is 3.14. The second-order valence-corrected chi connectivity index (χ2v) is 12.3. The minimum absolute atomic E-state index is 0.0327. The molecule has 1 N–H and O–H groups in total. The molecular weight excluding hydrogens is 516 g/mol. The lowest BCUT2D eigenvalue weighted by Crippen LogP contribution is -2.32. The maximum absolute atomic E-state index is 13.7. The number of Topliss-reactive ketones (excluding diaryl/α,β-unsaturated/α-hetero) is 1. The molecule has 1 saturated heterocycles. The third-order valence-corrected chi connectivity index (χ3v) is 7.50. The number of carbonyl (C=O) groups excluding carboxylic acids is 1. The van der Waals surface area contributed by atoms with Crippen molar-refractivity contribution in [2.24, 2.45) is 9.94 Å². The summed E-state index contributed by atoms with van der Waals surface area (Å²) in [7, 11) is 1.67. The van der Waals surface area contributed by atoms with Gasteiger partial charge in [0.2, 0.25) is 0 Å². The maximum atomic E-state index is 13.7. The smallest absolute Gasteiger partial charge is 0.182 e. The number of ketones is 1. The molecule has 2 aromatic carbocycles. The molecule has 1 heterocycles. The van der Waals surface area contributed by atoms with Gasteiger partial charge in [0.15, 0.2) is 5.78 Å². The van der Waals surface area contributed by atoms with Crippen LogP contribution in [0.3, 0.4) is 0 Å². The molecule has 36 heavy (non-hydrogen) atoms. The third-order valence-electron chi connectivity index (χ3n) is 7.13. The monoisotopic (exact) mass is 556 g/mol. The Kier molecular flexibility index (Phi) is 8.59. The number of rotatable bonds is 7. The minimum Gasteiger partial charge on any atom is -0.507 e. The van der Waals surface area contributed by atoms with E-state index in [0.29, 0.717) is 11.5 Å². The molecule has 0 aliphatic carbocycles. The predicted molar refractivity (Wildman–Crippen MR) is 152 cm³/mol. The highest BCUT2D eigenvalue weighted by atomic mass is 79.9. The summed E-state index contributed by atoms with van der Waals surface area (Å²) in [6, 6.07) is 11.9. The minimum atomic E-state index is -0.290. The number of methoxy groups -OCH3 is 1. The number of ether oxygens (including phenoxy) is 1. The number of phenolic OH excluding ortho intramolecular Hbond substituents is 1. The molecule has 1 aliphatic heterocycles. The number of benzene rings is 2. The second kappa shape index (κ2) is 11.0. The van der Waals surface area contributed by atoms with Crippen LogP contribution in [0.25, 0.3) is 0 Å². The van der Waals surface area contributed by atoms with Crippen LogP contribution in [-0.2, 0) is 10.8 Å². The highest BCUT2D eigenvalue weighted by Gasteiger charge is 2.40. The number of likely N-dealkylation sites (tertiary alicyclic amines) is 1. The van der Waals surface area contributed by atoms with Crippen molar-refractivity contribution in [3.05, 3.63) is 58.7 Å². The van der Waals surface area contributed by atoms with E-state index in [2.05, 4.69) is 85.7 Å². The fourth-order valence-corrected chi connectivity index (χ4v) is 5.65. The van der Waals surface area contributed by atoms with E-state index >= 15 is 0 Å². The van der Waals surface area contributed by atoms with Gasteiger partial charge in [0.1, 0.15) is 17.3 Å². The zero-order chi connectivity index (χ0) is 26.8. The SMILES string of the molecule is CCC[C@H]1CN(CC(=O)c2cc(C(C)(C)C)c(O)c(C(C)(C)C)c2)/C(=N\Br)[C@@H]1c1ccc(OC)cc1. The Morgan fingerprint density at radius 2 is 1.64 bits per heavy atom. The van der Waals surface area contributed by atoms with E-state index in [4.69, 9.17) is 4.74 Å². The summed E-state index contributed by atoms with van der Waals surface area (Å²) < 4.78 is 9.85. The summed E-state index contributed by atoms with van der Waals surface area (Å²) in [5.74, 6) is 2.51. The van der Waals surface area contributed by atoms with Crippen LogP contribution in [0.15, 0.2) is 40.4 Å². The van der Waals surface area contributed by atoms with Crippen molar-refractivity contribution >= 4 is 27.8 Å². The van der Waals surface area contributed by atoms with Gasteiger partial charge in [-0.1, -0.05) is 67.0 Å². The van der Waals surface area contributed by atoms with Crippen molar-refractivity contribution in [2.75, 3.05) is 20.2 Å². The molecule has 0 saturated carbocycles. The van der Waals surface area contributed by atoms with E-state index in [1.165, 1.54) is 5.56 Å². The Balaban J connectivity index is 1.97. The van der Waals surface area contributed by atoms with E-state index in [1.54, 1.807) is 7.11 Å². The molecule has 0 amide bonds. The lowest BCUT2D eigenvalue weighted by atomic mass is 9.78. The molecule has 1 aliphatic rings. The van der Waals surface area contributed by atoms with Crippen molar-refractivity contribution < 1.29 is 14.6 Å². The number of hydrogen-bond acceptors (Lipinski definition) is 4. The topological polar surface area (TPSA) is 62.1 Å². The van der Waals surface area contributed by atoms with Gasteiger partial charge in [-0.3, -0.25) is 4.79 Å². The fourth-order valence-electron chi connectivity index (χ4n) is 5.21.